The molecule has 0 spiro atoms. The van der Waals surface area contributed by atoms with Gasteiger partial charge in [0, 0.05) is 31.7 Å². The Morgan fingerprint density at radius 3 is 1.94 bits per heavy atom. The summed E-state index contributed by atoms with van der Waals surface area (Å²) >= 11 is 0. The first-order chi connectivity index (χ1) is 7.68. The third-order valence-electron chi connectivity index (χ3n) is 3.74. The van der Waals surface area contributed by atoms with Gasteiger partial charge in [-0.2, -0.15) is 0 Å². The van der Waals surface area contributed by atoms with Gasteiger partial charge in [-0.25, -0.2) is 0 Å². The van der Waals surface area contributed by atoms with Gasteiger partial charge in [-0.05, 0) is 34.1 Å². The lowest BCUT2D eigenvalue weighted by Crippen LogP contribution is -2.60. The van der Waals surface area contributed by atoms with Crippen LogP contribution in [0.15, 0.2) is 0 Å². The molecule has 4 heteroatoms. The van der Waals surface area contributed by atoms with E-state index in [2.05, 4.69) is 25.7 Å². The van der Waals surface area contributed by atoms with E-state index in [-0.39, 0.29) is 11.4 Å². The number of carbonyl (C=O) groups is 1. The summed E-state index contributed by atoms with van der Waals surface area (Å²) in [6, 6.07) is 0. The normalized spacial score (nSPS) is 22.4. The minimum atomic E-state index is -0.704. The van der Waals surface area contributed by atoms with Crippen LogP contribution >= 0.6 is 0 Å². The average molecular weight is 241 g/mol. The highest BCUT2D eigenvalue weighted by atomic mass is 16.2. The van der Waals surface area contributed by atoms with Crippen molar-refractivity contribution in [1.82, 2.24) is 9.80 Å². The van der Waals surface area contributed by atoms with Crippen LogP contribution < -0.4 is 5.73 Å². The maximum atomic E-state index is 12.2. The molecule has 1 rings (SSSR count). The number of nitrogens with two attached hydrogens (primary N) is 1. The van der Waals surface area contributed by atoms with Gasteiger partial charge in [-0.15, -0.1) is 0 Å². The van der Waals surface area contributed by atoms with Crippen LogP contribution in [0.4, 0.5) is 0 Å². The molecule has 1 atom stereocenters. The van der Waals surface area contributed by atoms with Gasteiger partial charge in [0.2, 0.25) is 5.91 Å². The second kappa shape index (κ2) is 4.94. The first-order valence-electron chi connectivity index (χ1n) is 6.52. The maximum absolute atomic E-state index is 12.2. The van der Waals surface area contributed by atoms with Crippen molar-refractivity contribution in [3.8, 4) is 0 Å². The van der Waals surface area contributed by atoms with E-state index < -0.39 is 5.54 Å². The summed E-state index contributed by atoms with van der Waals surface area (Å²) in [6.45, 7) is 13.9. The largest absolute Gasteiger partial charge is 0.339 e. The molecule has 0 bridgehead atoms. The van der Waals surface area contributed by atoms with Gasteiger partial charge in [-0.3, -0.25) is 9.69 Å². The number of hydrogen-bond acceptors (Lipinski definition) is 3. The van der Waals surface area contributed by atoms with Crippen molar-refractivity contribution in [2.24, 2.45) is 5.73 Å². The van der Waals surface area contributed by atoms with E-state index in [0.29, 0.717) is 6.42 Å². The molecule has 1 heterocycles. The van der Waals surface area contributed by atoms with Gasteiger partial charge < -0.3 is 10.6 Å². The lowest BCUT2D eigenvalue weighted by molar-refractivity contribution is -0.139. The van der Waals surface area contributed by atoms with E-state index in [0.717, 1.165) is 26.2 Å². The molecular weight excluding hydrogens is 214 g/mol. The van der Waals surface area contributed by atoms with Crippen LogP contribution in [-0.2, 0) is 4.79 Å². The number of nitrogens with zero attached hydrogens (tertiary/aromatic N) is 2. The fourth-order valence-corrected chi connectivity index (χ4v) is 2.09. The molecule has 1 fully saturated rings. The van der Waals surface area contributed by atoms with Crippen LogP contribution in [0.5, 0.6) is 0 Å². The molecular formula is C13H27N3O. The van der Waals surface area contributed by atoms with E-state index >= 15 is 0 Å². The number of hydrogen-bond donors (Lipinski definition) is 1. The zero-order valence-electron chi connectivity index (χ0n) is 11.9. The Labute approximate surface area is 105 Å². The quantitative estimate of drug-likeness (QED) is 0.786. The molecule has 0 aromatic heterocycles. The van der Waals surface area contributed by atoms with Crippen molar-refractivity contribution in [1.29, 1.82) is 0 Å². The second-order valence-corrected chi connectivity index (χ2v) is 6.22. The van der Waals surface area contributed by atoms with E-state index in [1.165, 1.54) is 0 Å². The first-order valence-corrected chi connectivity index (χ1v) is 6.52. The van der Waals surface area contributed by atoms with Crippen LogP contribution in [0.3, 0.4) is 0 Å². The van der Waals surface area contributed by atoms with E-state index in [1.54, 1.807) is 0 Å². The fourth-order valence-electron chi connectivity index (χ4n) is 2.09. The standard InChI is InChI=1S/C13H27N3O/c1-6-13(5,14)11(17)15-7-9-16(10-8-15)12(2,3)4/h6-10,14H2,1-5H3. The number of carbonyl (C=O) groups excluding carboxylic acids is 1. The summed E-state index contributed by atoms with van der Waals surface area (Å²) in [6.07, 6.45) is 0.686. The molecule has 1 aliphatic rings. The molecule has 1 unspecified atom stereocenters. The smallest absolute Gasteiger partial charge is 0.242 e. The van der Waals surface area contributed by atoms with Gasteiger partial charge in [0.25, 0.3) is 0 Å². The van der Waals surface area contributed by atoms with Crippen molar-refractivity contribution in [3.63, 3.8) is 0 Å². The summed E-state index contributed by atoms with van der Waals surface area (Å²) in [5.41, 5.74) is 5.49. The molecule has 0 radical (unpaired) electrons. The number of amides is 1. The summed E-state index contributed by atoms with van der Waals surface area (Å²) in [7, 11) is 0. The van der Waals surface area contributed by atoms with Crippen LogP contribution in [-0.4, -0.2) is 53.0 Å². The summed E-state index contributed by atoms with van der Waals surface area (Å²) in [5, 5.41) is 0. The predicted octanol–water partition coefficient (Wildman–Crippen LogP) is 1.06. The van der Waals surface area contributed by atoms with Crippen LogP contribution in [0, 0.1) is 0 Å². The molecule has 0 aromatic rings. The molecule has 100 valence electrons. The molecule has 4 nitrogen and oxygen atoms in total. The van der Waals surface area contributed by atoms with Crippen molar-refractivity contribution in [2.75, 3.05) is 26.2 Å². The highest BCUT2D eigenvalue weighted by molar-refractivity contribution is 5.85. The first kappa shape index (κ1) is 14.5. The van der Waals surface area contributed by atoms with Crippen LogP contribution in [0.1, 0.15) is 41.0 Å². The van der Waals surface area contributed by atoms with Gasteiger partial charge in [0.05, 0.1) is 5.54 Å². The molecule has 2 N–H and O–H groups in total. The molecule has 1 amide bonds. The third kappa shape index (κ3) is 3.42. The Morgan fingerprint density at radius 2 is 1.59 bits per heavy atom. The zero-order chi connectivity index (χ0) is 13.3. The maximum Gasteiger partial charge on any atom is 0.242 e. The Morgan fingerprint density at radius 1 is 1.12 bits per heavy atom. The molecule has 17 heavy (non-hydrogen) atoms. The average Bonchev–Trinajstić information content (AvgIpc) is 2.27. The summed E-state index contributed by atoms with van der Waals surface area (Å²) in [5.74, 6) is 0.0913. The van der Waals surface area contributed by atoms with E-state index in [9.17, 15) is 4.79 Å². The minimum Gasteiger partial charge on any atom is -0.339 e. The van der Waals surface area contributed by atoms with Gasteiger partial charge in [0.1, 0.15) is 0 Å². The Hall–Kier alpha value is -0.610. The monoisotopic (exact) mass is 241 g/mol. The molecule has 1 aliphatic heterocycles. The van der Waals surface area contributed by atoms with Crippen molar-refractivity contribution >= 4 is 5.91 Å². The highest BCUT2D eigenvalue weighted by Crippen LogP contribution is 2.18. The SMILES string of the molecule is CCC(C)(N)C(=O)N1CCN(C(C)(C)C)CC1. The fraction of sp³-hybridized carbons (Fsp3) is 0.923. The van der Waals surface area contributed by atoms with E-state index in [4.69, 9.17) is 5.73 Å². The minimum absolute atomic E-state index is 0.0913. The summed E-state index contributed by atoms with van der Waals surface area (Å²) < 4.78 is 0. The van der Waals surface area contributed by atoms with Crippen molar-refractivity contribution in [2.45, 2.75) is 52.1 Å². The predicted molar refractivity (Wildman–Crippen MR) is 70.8 cm³/mol. The third-order valence-corrected chi connectivity index (χ3v) is 3.74. The molecule has 0 saturated carbocycles. The molecule has 0 aliphatic carbocycles. The molecule has 0 aromatic carbocycles. The van der Waals surface area contributed by atoms with Gasteiger partial charge in [-0.1, -0.05) is 6.92 Å². The lowest BCUT2D eigenvalue weighted by Gasteiger charge is -2.43. The Balaban J connectivity index is 2.56. The zero-order valence-corrected chi connectivity index (χ0v) is 11.9. The number of piperazine rings is 1. The molecule has 1 saturated heterocycles. The lowest BCUT2D eigenvalue weighted by atomic mass is 9.97. The summed E-state index contributed by atoms with van der Waals surface area (Å²) in [4.78, 5) is 16.5. The second-order valence-electron chi connectivity index (χ2n) is 6.22. The van der Waals surface area contributed by atoms with Gasteiger partial charge >= 0.3 is 0 Å². The van der Waals surface area contributed by atoms with Crippen LogP contribution in [0.2, 0.25) is 0 Å². The van der Waals surface area contributed by atoms with Crippen molar-refractivity contribution < 1.29 is 4.79 Å². The van der Waals surface area contributed by atoms with Crippen LogP contribution in [0.25, 0.3) is 0 Å². The van der Waals surface area contributed by atoms with Gasteiger partial charge in [0.15, 0.2) is 0 Å². The Kier molecular flexibility index (Phi) is 4.20. The number of rotatable bonds is 2. The highest BCUT2D eigenvalue weighted by Gasteiger charge is 2.34. The Bertz CT molecular complexity index is 273. The van der Waals surface area contributed by atoms with Crippen molar-refractivity contribution in [3.05, 3.63) is 0 Å². The topological polar surface area (TPSA) is 49.6 Å². The van der Waals surface area contributed by atoms with E-state index in [1.807, 2.05) is 18.7 Å².